The predicted molar refractivity (Wildman–Crippen MR) is 85.9 cm³/mol. The first-order chi connectivity index (χ1) is 9.33. The summed E-state index contributed by atoms with van der Waals surface area (Å²) in [5, 5.41) is 3.73. The van der Waals surface area contributed by atoms with Gasteiger partial charge in [0.15, 0.2) is 0 Å². The standard InChI is InChI=1S/C18H34N2/c1-17(2)9-16(10-18(3,4)13-17)20-8-7-14(12-20)11-19-15-5-6-15/h14-16,19H,5-13H2,1-4H3. The lowest BCUT2D eigenvalue weighted by Crippen LogP contribution is -2.45. The van der Waals surface area contributed by atoms with E-state index in [1.165, 1.54) is 58.2 Å². The van der Waals surface area contributed by atoms with Crippen LogP contribution in [-0.4, -0.2) is 36.6 Å². The Morgan fingerprint density at radius 1 is 1.00 bits per heavy atom. The fourth-order valence-electron chi connectivity index (χ4n) is 5.03. The Kier molecular flexibility index (Phi) is 3.92. The maximum Gasteiger partial charge on any atom is 0.0106 e. The molecule has 2 saturated carbocycles. The summed E-state index contributed by atoms with van der Waals surface area (Å²) in [6, 6.07) is 1.70. The summed E-state index contributed by atoms with van der Waals surface area (Å²) in [6.07, 6.45) is 8.44. The van der Waals surface area contributed by atoms with Crippen LogP contribution >= 0.6 is 0 Å². The summed E-state index contributed by atoms with van der Waals surface area (Å²) in [5.41, 5.74) is 1.05. The lowest BCUT2D eigenvalue weighted by molar-refractivity contribution is 0.0330. The molecule has 3 fully saturated rings. The molecular weight excluding hydrogens is 244 g/mol. The molecule has 1 unspecified atom stereocenters. The summed E-state index contributed by atoms with van der Waals surface area (Å²) in [5.74, 6) is 0.906. The van der Waals surface area contributed by atoms with Gasteiger partial charge in [0.25, 0.3) is 0 Å². The molecule has 2 nitrogen and oxygen atoms in total. The zero-order valence-corrected chi connectivity index (χ0v) is 14.0. The third kappa shape index (κ3) is 3.76. The van der Waals surface area contributed by atoms with Crippen molar-refractivity contribution in [3.8, 4) is 0 Å². The van der Waals surface area contributed by atoms with Crippen molar-refractivity contribution in [3.63, 3.8) is 0 Å². The van der Waals surface area contributed by atoms with E-state index in [0.717, 1.165) is 18.0 Å². The van der Waals surface area contributed by atoms with Gasteiger partial charge in [0.1, 0.15) is 0 Å². The van der Waals surface area contributed by atoms with E-state index < -0.39 is 0 Å². The second-order valence-electron chi connectivity index (χ2n) is 9.40. The van der Waals surface area contributed by atoms with Gasteiger partial charge in [0.2, 0.25) is 0 Å². The Morgan fingerprint density at radius 2 is 1.65 bits per heavy atom. The zero-order chi connectivity index (χ0) is 14.4. The first-order valence-electron chi connectivity index (χ1n) is 8.80. The third-order valence-electron chi connectivity index (χ3n) is 5.64. The highest BCUT2D eigenvalue weighted by Gasteiger charge is 2.42. The molecule has 1 atom stereocenters. The summed E-state index contributed by atoms with van der Waals surface area (Å²) in [6.45, 7) is 13.9. The van der Waals surface area contributed by atoms with Crippen LogP contribution in [-0.2, 0) is 0 Å². The molecular formula is C18H34N2. The lowest BCUT2D eigenvalue weighted by atomic mass is 9.63. The highest BCUT2D eigenvalue weighted by atomic mass is 15.2. The van der Waals surface area contributed by atoms with Crippen molar-refractivity contribution in [3.05, 3.63) is 0 Å². The fraction of sp³-hybridized carbons (Fsp3) is 1.00. The number of rotatable bonds is 4. The summed E-state index contributed by atoms with van der Waals surface area (Å²) in [7, 11) is 0. The SMILES string of the molecule is CC1(C)CC(N2CCC(CNC3CC3)C2)CC(C)(C)C1. The van der Waals surface area contributed by atoms with Gasteiger partial charge in [0.05, 0.1) is 0 Å². The van der Waals surface area contributed by atoms with E-state index in [4.69, 9.17) is 0 Å². The molecule has 0 radical (unpaired) electrons. The van der Waals surface area contributed by atoms with Gasteiger partial charge in [-0.15, -0.1) is 0 Å². The second kappa shape index (κ2) is 5.28. The fourth-order valence-corrected chi connectivity index (χ4v) is 5.03. The molecule has 0 amide bonds. The molecule has 2 heteroatoms. The molecule has 0 aromatic rings. The topological polar surface area (TPSA) is 15.3 Å². The van der Waals surface area contributed by atoms with Gasteiger partial charge < -0.3 is 10.2 Å². The van der Waals surface area contributed by atoms with Crippen LogP contribution in [0.5, 0.6) is 0 Å². The highest BCUT2D eigenvalue weighted by molar-refractivity contribution is 4.95. The summed E-state index contributed by atoms with van der Waals surface area (Å²) < 4.78 is 0. The van der Waals surface area contributed by atoms with Gasteiger partial charge in [-0.1, -0.05) is 27.7 Å². The van der Waals surface area contributed by atoms with E-state index in [-0.39, 0.29) is 0 Å². The minimum Gasteiger partial charge on any atom is -0.314 e. The molecule has 2 aliphatic carbocycles. The van der Waals surface area contributed by atoms with Crippen molar-refractivity contribution in [2.75, 3.05) is 19.6 Å². The Bertz CT molecular complexity index is 327. The molecule has 3 rings (SSSR count). The van der Waals surface area contributed by atoms with E-state index >= 15 is 0 Å². The number of hydrogen-bond donors (Lipinski definition) is 1. The Labute approximate surface area is 125 Å². The van der Waals surface area contributed by atoms with Gasteiger partial charge in [-0.05, 0) is 68.4 Å². The summed E-state index contributed by atoms with van der Waals surface area (Å²) in [4.78, 5) is 2.82. The van der Waals surface area contributed by atoms with Gasteiger partial charge in [0, 0.05) is 18.6 Å². The molecule has 0 aromatic heterocycles. The molecule has 1 aliphatic heterocycles. The second-order valence-corrected chi connectivity index (χ2v) is 9.40. The third-order valence-corrected chi connectivity index (χ3v) is 5.64. The molecule has 0 aromatic carbocycles. The average molecular weight is 278 g/mol. The van der Waals surface area contributed by atoms with Crippen LogP contribution in [0.2, 0.25) is 0 Å². The molecule has 1 heterocycles. The quantitative estimate of drug-likeness (QED) is 0.844. The molecule has 116 valence electrons. The molecule has 1 N–H and O–H groups in total. The Balaban J connectivity index is 1.53. The predicted octanol–water partition coefficient (Wildman–Crippen LogP) is 3.67. The van der Waals surface area contributed by atoms with Crippen LogP contribution in [0.1, 0.15) is 66.2 Å². The minimum atomic E-state index is 0.525. The number of nitrogens with one attached hydrogen (secondary N) is 1. The van der Waals surface area contributed by atoms with Crippen molar-refractivity contribution >= 4 is 0 Å². The lowest BCUT2D eigenvalue weighted by Gasteiger charge is -2.48. The van der Waals surface area contributed by atoms with Gasteiger partial charge in [-0.25, -0.2) is 0 Å². The molecule has 0 spiro atoms. The molecule has 1 saturated heterocycles. The van der Waals surface area contributed by atoms with Crippen LogP contribution in [0.25, 0.3) is 0 Å². The van der Waals surface area contributed by atoms with E-state index in [1.807, 2.05) is 0 Å². The van der Waals surface area contributed by atoms with E-state index in [2.05, 4.69) is 37.9 Å². The zero-order valence-electron chi connectivity index (χ0n) is 14.0. The van der Waals surface area contributed by atoms with Crippen LogP contribution in [0.4, 0.5) is 0 Å². The van der Waals surface area contributed by atoms with E-state index in [9.17, 15) is 0 Å². The first-order valence-corrected chi connectivity index (χ1v) is 8.80. The van der Waals surface area contributed by atoms with Crippen molar-refractivity contribution in [1.29, 1.82) is 0 Å². The first kappa shape index (κ1) is 14.8. The van der Waals surface area contributed by atoms with Crippen molar-refractivity contribution in [2.45, 2.75) is 78.3 Å². The summed E-state index contributed by atoms with van der Waals surface area (Å²) >= 11 is 0. The maximum absolute atomic E-state index is 3.73. The number of hydrogen-bond acceptors (Lipinski definition) is 2. The van der Waals surface area contributed by atoms with E-state index in [0.29, 0.717) is 10.8 Å². The van der Waals surface area contributed by atoms with Crippen LogP contribution < -0.4 is 5.32 Å². The monoisotopic (exact) mass is 278 g/mol. The normalized spacial score (nSPS) is 34.5. The molecule has 3 aliphatic rings. The van der Waals surface area contributed by atoms with E-state index in [1.54, 1.807) is 0 Å². The van der Waals surface area contributed by atoms with Gasteiger partial charge >= 0.3 is 0 Å². The number of nitrogens with zero attached hydrogens (tertiary/aromatic N) is 1. The Hall–Kier alpha value is -0.0800. The smallest absolute Gasteiger partial charge is 0.0106 e. The maximum atomic E-state index is 3.73. The highest BCUT2D eigenvalue weighted by Crippen LogP contribution is 2.47. The van der Waals surface area contributed by atoms with Crippen LogP contribution in [0.3, 0.4) is 0 Å². The molecule has 0 bridgehead atoms. The Morgan fingerprint density at radius 3 is 2.25 bits per heavy atom. The van der Waals surface area contributed by atoms with Crippen molar-refractivity contribution in [1.82, 2.24) is 10.2 Å². The average Bonchev–Trinajstić information content (AvgIpc) is 2.99. The van der Waals surface area contributed by atoms with Crippen molar-refractivity contribution < 1.29 is 0 Å². The molecule has 20 heavy (non-hydrogen) atoms. The van der Waals surface area contributed by atoms with Crippen molar-refractivity contribution in [2.24, 2.45) is 16.7 Å². The van der Waals surface area contributed by atoms with Crippen LogP contribution in [0, 0.1) is 16.7 Å². The number of likely N-dealkylation sites (tertiary alicyclic amines) is 1. The van der Waals surface area contributed by atoms with Gasteiger partial charge in [-0.2, -0.15) is 0 Å². The van der Waals surface area contributed by atoms with Crippen LogP contribution in [0.15, 0.2) is 0 Å². The van der Waals surface area contributed by atoms with Gasteiger partial charge in [-0.3, -0.25) is 0 Å². The largest absolute Gasteiger partial charge is 0.314 e. The minimum absolute atomic E-state index is 0.525.